The molecule has 150 valence electrons. The van der Waals surface area contributed by atoms with Crippen molar-refractivity contribution in [3.63, 3.8) is 0 Å². The largest absolute Gasteiger partial charge is 0.392 e. The van der Waals surface area contributed by atoms with E-state index in [-0.39, 0.29) is 6.61 Å². The van der Waals surface area contributed by atoms with Crippen molar-refractivity contribution in [2.45, 2.75) is 29.9 Å². The molecule has 0 unspecified atom stereocenters. The molecule has 1 aromatic heterocycles. The fourth-order valence-electron chi connectivity index (χ4n) is 3.25. The molecule has 2 heterocycles. The van der Waals surface area contributed by atoms with E-state index in [2.05, 4.69) is 34.1 Å². The molecular formula is C23H25N3O2S. The van der Waals surface area contributed by atoms with Crippen LogP contribution in [0.15, 0.2) is 64.6 Å². The molecule has 0 saturated carbocycles. The normalized spacial score (nSPS) is 14.2. The van der Waals surface area contributed by atoms with Crippen LogP contribution >= 0.6 is 11.8 Å². The van der Waals surface area contributed by atoms with Gasteiger partial charge in [-0.3, -0.25) is 0 Å². The van der Waals surface area contributed by atoms with E-state index < -0.39 is 0 Å². The number of rotatable bonds is 6. The number of benzene rings is 2. The average Bonchev–Trinajstić information content (AvgIpc) is 2.78. The molecule has 1 aliphatic heterocycles. The minimum Gasteiger partial charge on any atom is -0.392 e. The molecule has 1 fully saturated rings. The van der Waals surface area contributed by atoms with Gasteiger partial charge in [-0.2, -0.15) is 0 Å². The van der Waals surface area contributed by atoms with Crippen LogP contribution < -0.4 is 4.90 Å². The SMILES string of the molecule is Cc1cnc(Cc2ccc(N3CCOCC3)cc2)nc1Sc1ccc(CO)cc1. The van der Waals surface area contributed by atoms with Gasteiger partial charge in [0.05, 0.1) is 19.8 Å². The zero-order valence-corrected chi connectivity index (χ0v) is 17.4. The van der Waals surface area contributed by atoms with Crippen LogP contribution in [0.3, 0.4) is 0 Å². The monoisotopic (exact) mass is 407 g/mol. The number of nitrogens with zero attached hydrogens (tertiary/aromatic N) is 3. The van der Waals surface area contributed by atoms with E-state index in [1.807, 2.05) is 37.4 Å². The lowest BCUT2D eigenvalue weighted by atomic mass is 10.1. The first-order valence-electron chi connectivity index (χ1n) is 9.83. The van der Waals surface area contributed by atoms with E-state index in [1.54, 1.807) is 11.8 Å². The summed E-state index contributed by atoms with van der Waals surface area (Å²) in [6.07, 6.45) is 2.61. The van der Waals surface area contributed by atoms with Gasteiger partial charge >= 0.3 is 0 Å². The fourth-order valence-corrected chi connectivity index (χ4v) is 4.11. The maximum atomic E-state index is 9.19. The van der Waals surface area contributed by atoms with Gasteiger partial charge in [0.25, 0.3) is 0 Å². The second-order valence-corrected chi connectivity index (χ2v) is 8.18. The summed E-state index contributed by atoms with van der Waals surface area (Å²) >= 11 is 1.63. The van der Waals surface area contributed by atoms with E-state index in [0.717, 1.165) is 53.2 Å². The molecule has 0 aliphatic carbocycles. The number of hydrogen-bond donors (Lipinski definition) is 1. The second kappa shape index (κ2) is 9.39. The number of aromatic nitrogens is 2. The van der Waals surface area contributed by atoms with Crippen molar-refractivity contribution in [1.29, 1.82) is 0 Å². The van der Waals surface area contributed by atoms with Crippen LogP contribution in [0.1, 0.15) is 22.5 Å². The Kier molecular flexibility index (Phi) is 6.44. The third-order valence-electron chi connectivity index (χ3n) is 4.97. The Bertz CT molecular complexity index is 939. The molecule has 4 rings (SSSR count). The molecule has 1 N–H and O–H groups in total. The third-order valence-corrected chi connectivity index (χ3v) is 6.08. The van der Waals surface area contributed by atoms with Crippen LogP contribution in [0.4, 0.5) is 5.69 Å². The quantitative estimate of drug-likeness (QED) is 0.626. The first-order chi connectivity index (χ1) is 14.2. The van der Waals surface area contributed by atoms with E-state index in [0.29, 0.717) is 6.42 Å². The summed E-state index contributed by atoms with van der Waals surface area (Å²) in [7, 11) is 0. The molecule has 0 radical (unpaired) electrons. The first kappa shape index (κ1) is 19.9. The van der Waals surface area contributed by atoms with Gasteiger partial charge < -0.3 is 14.7 Å². The Morgan fingerprint density at radius 2 is 1.69 bits per heavy atom. The Morgan fingerprint density at radius 1 is 1.00 bits per heavy atom. The Labute approximate surface area is 175 Å². The zero-order valence-electron chi connectivity index (χ0n) is 16.5. The highest BCUT2D eigenvalue weighted by Crippen LogP contribution is 2.29. The van der Waals surface area contributed by atoms with Gasteiger partial charge in [-0.15, -0.1) is 0 Å². The van der Waals surface area contributed by atoms with E-state index in [1.165, 1.54) is 11.3 Å². The Hall–Kier alpha value is -2.41. The van der Waals surface area contributed by atoms with Crippen LogP contribution in [0.5, 0.6) is 0 Å². The second-order valence-electron chi connectivity index (χ2n) is 7.12. The number of ether oxygens (including phenoxy) is 1. The standard InChI is InChI=1S/C23H25N3O2S/c1-17-15-24-22(25-23(17)29-21-8-4-19(16-27)5-9-21)14-18-2-6-20(7-3-18)26-10-12-28-13-11-26/h2-9,15,27H,10-14,16H2,1H3. The van der Waals surface area contributed by atoms with Gasteiger partial charge in [-0.05, 0) is 47.9 Å². The van der Waals surface area contributed by atoms with Crippen LogP contribution in [0, 0.1) is 6.92 Å². The van der Waals surface area contributed by atoms with Crippen LogP contribution in [-0.4, -0.2) is 41.4 Å². The van der Waals surface area contributed by atoms with Crippen molar-refractivity contribution in [3.8, 4) is 0 Å². The summed E-state index contributed by atoms with van der Waals surface area (Å²) in [5, 5.41) is 10.2. The Balaban J connectivity index is 1.45. The van der Waals surface area contributed by atoms with Crippen LogP contribution in [0.25, 0.3) is 0 Å². The molecule has 6 heteroatoms. The molecule has 1 saturated heterocycles. The van der Waals surface area contributed by atoms with Gasteiger partial charge in [0.2, 0.25) is 0 Å². The van der Waals surface area contributed by atoms with Crippen molar-refractivity contribution in [1.82, 2.24) is 9.97 Å². The number of hydrogen-bond acceptors (Lipinski definition) is 6. The number of aryl methyl sites for hydroxylation is 1. The molecule has 1 aliphatic rings. The van der Waals surface area contributed by atoms with Crippen LogP contribution in [0.2, 0.25) is 0 Å². The zero-order chi connectivity index (χ0) is 20.1. The number of anilines is 1. The minimum atomic E-state index is 0.0615. The molecule has 0 amide bonds. The van der Waals surface area contributed by atoms with E-state index in [9.17, 15) is 5.11 Å². The molecule has 0 atom stereocenters. The summed E-state index contributed by atoms with van der Waals surface area (Å²) in [6, 6.07) is 16.6. The van der Waals surface area contributed by atoms with Gasteiger partial charge in [-0.1, -0.05) is 36.0 Å². The first-order valence-corrected chi connectivity index (χ1v) is 10.6. The van der Waals surface area contributed by atoms with Crippen molar-refractivity contribution in [2.75, 3.05) is 31.2 Å². The number of morpholine rings is 1. The number of aliphatic hydroxyl groups is 1. The predicted molar refractivity (Wildman–Crippen MR) is 116 cm³/mol. The highest BCUT2D eigenvalue weighted by atomic mass is 32.2. The maximum absolute atomic E-state index is 9.19. The lowest BCUT2D eigenvalue weighted by molar-refractivity contribution is 0.122. The van der Waals surface area contributed by atoms with Gasteiger partial charge in [-0.25, -0.2) is 9.97 Å². The van der Waals surface area contributed by atoms with Crippen molar-refractivity contribution < 1.29 is 9.84 Å². The summed E-state index contributed by atoms with van der Waals surface area (Å²) in [5.74, 6) is 0.823. The molecule has 29 heavy (non-hydrogen) atoms. The maximum Gasteiger partial charge on any atom is 0.133 e. The molecule has 0 bridgehead atoms. The lowest BCUT2D eigenvalue weighted by Crippen LogP contribution is -2.36. The van der Waals surface area contributed by atoms with Crippen molar-refractivity contribution in [3.05, 3.63) is 77.2 Å². The minimum absolute atomic E-state index is 0.0615. The van der Waals surface area contributed by atoms with Crippen molar-refractivity contribution in [2.24, 2.45) is 0 Å². The molecule has 2 aromatic carbocycles. The van der Waals surface area contributed by atoms with E-state index in [4.69, 9.17) is 9.72 Å². The summed E-state index contributed by atoms with van der Waals surface area (Å²) in [4.78, 5) is 12.8. The molecule has 0 spiro atoms. The van der Waals surface area contributed by atoms with Crippen LogP contribution in [-0.2, 0) is 17.8 Å². The average molecular weight is 408 g/mol. The van der Waals surface area contributed by atoms with Gasteiger partial charge in [0.15, 0.2) is 0 Å². The smallest absolute Gasteiger partial charge is 0.133 e. The molecular weight excluding hydrogens is 382 g/mol. The van der Waals surface area contributed by atoms with Gasteiger partial charge in [0.1, 0.15) is 10.9 Å². The lowest BCUT2D eigenvalue weighted by Gasteiger charge is -2.28. The topological polar surface area (TPSA) is 58.5 Å². The third kappa shape index (κ3) is 5.15. The molecule has 5 nitrogen and oxygen atoms in total. The van der Waals surface area contributed by atoms with Gasteiger partial charge in [0, 0.05) is 36.3 Å². The summed E-state index contributed by atoms with van der Waals surface area (Å²) in [5.41, 5.74) is 4.42. The van der Waals surface area contributed by atoms with Crippen molar-refractivity contribution >= 4 is 17.4 Å². The molecule has 3 aromatic rings. The Morgan fingerprint density at radius 3 is 2.38 bits per heavy atom. The predicted octanol–water partition coefficient (Wildman–Crippen LogP) is 3.86. The fraction of sp³-hybridized carbons (Fsp3) is 0.304. The number of aliphatic hydroxyl groups excluding tert-OH is 1. The highest BCUT2D eigenvalue weighted by molar-refractivity contribution is 7.99. The summed E-state index contributed by atoms with van der Waals surface area (Å²) < 4.78 is 5.43. The highest BCUT2D eigenvalue weighted by Gasteiger charge is 2.12. The van der Waals surface area contributed by atoms with E-state index >= 15 is 0 Å². The summed E-state index contributed by atoms with van der Waals surface area (Å²) in [6.45, 7) is 5.57.